The third kappa shape index (κ3) is 5.51. The molecule has 0 fully saturated rings. The molecule has 0 aliphatic rings. The van der Waals surface area contributed by atoms with Gasteiger partial charge >= 0.3 is 0 Å². The fourth-order valence-corrected chi connectivity index (χ4v) is 11.3. The minimum Gasteiger partial charge on any atom is -0.456 e. The molecule has 9 aromatic heterocycles. The van der Waals surface area contributed by atoms with Gasteiger partial charge in [0.2, 0.25) is 0 Å². The summed E-state index contributed by atoms with van der Waals surface area (Å²) in [5.74, 6) is 0. The molecular formula is C62H35N7O2. The van der Waals surface area contributed by atoms with Crippen LogP contribution in [0.15, 0.2) is 222 Å². The maximum absolute atomic E-state index is 6.55. The van der Waals surface area contributed by atoms with Crippen LogP contribution < -0.4 is 0 Å². The van der Waals surface area contributed by atoms with Crippen LogP contribution in [0.2, 0.25) is 0 Å². The summed E-state index contributed by atoms with van der Waals surface area (Å²) < 4.78 is 19.7. The molecule has 0 amide bonds. The first-order chi connectivity index (χ1) is 35.2. The molecule has 9 heteroatoms. The smallest absolute Gasteiger partial charge is 0.138 e. The van der Waals surface area contributed by atoms with E-state index in [2.05, 4.69) is 186 Å². The highest BCUT2D eigenvalue weighted by Gasteiger charge is 2.20. The van der Waals surface area contributed by atoms with E-state index < -0.39 is 0 Å². The molecule has 0 saturated heterocycles. The standard InChI is InChI=1S/C62H35N7O2/c1-2-5-40(6-3-1)67-52-14-8-36(27-43(52)49-33-63-24-20-55(49)67)38-10-16-54-48(30-38)62-57(7-4-23-66-62)69(54)42-13-19-60-47(32-42)46-31-41(12-18-59(46)70-60)68-53-15-9-37(28-44(53)50-34-64-25-21-56(50)68)39-11-17-58-45(29-39)51-35-65-26-22-61(51)71-58/h1-35H. The molecule has 330 valence electrons. The van der Waals surface area contributed by atoms with Crippen LogP contribution in [0.3, 0.4) is 0 Å². The lowest BCUT2D eigenvalue weighted by Gasteiger charge is -2.10. The van der Waals surface area contributed by atoms with Crippen molar-refractivity contribution >= 4 is 109 Å². The molecular weight excluding hydrogens is 875 g/mol. The summed E-state index contributed by atoms with van der Waals surface area (Å²) >= 11 is 0. The van der Waals surface area contributed by atoms with E-state index in [4.69, 9.17) is 13.8 Å². The number of hydrogen-bond acceptors (Lipinski definition) is 6. The molecule has 0 aliphatic carbocycles. The molecule has 9 nitrogen and oxygen atoms in total. The SMILES string of the molecule is c1ccc(-n2c3ccncc3c3cc(-c4ccc5c(c4)c4ncccc4n5-c4ccc5oc6ccc(-n7c8ccncc8c8cc(-c9ccc%10oc%11ccncc%11c%10c9)ccc87)cc6c5c4)ccc32)cc1. The summed E-state index contributed by atoms with van der Waals surface area (Å²) in [6, 6.07) is 60.4. The van der Waals surface area contributed by atoms with Crippen LogP contribution >= 0.6 is 0 Å². The number of rotatable bonds is 5. The van der Waals surface area contributed by atoms with Crippen LogP contribution in [0.1, 0.15) is 0 Å². The van der Waals surface area contributed by atoms with E-state index in [-0.39, 0.29) is 0 Å². The van der Waals surface area contributed by atoms with E-state index in [1.807, 2.05) is 49.3 Å². The van der Waals surface area contributed by atoms with E-state index in [9.17, 15) is 0 Å². The van der Waals surface area contributed by atoms with Crippen molar-refractivity contribution in [3.63, 3.8) is 0 Å². The molecule has 0 N–H and O–H groups in total. The normalized spacial score (nSPS) is 12.2. The zero-order valence-corrected chi connectivity index (χ0v) is 37.7. The summed E-state index contributed by atoms with van der Waals surface area (Å²) in [5.41, 5.74) is 18.5. The van der Waals surface area contributed by atoms with Gasteiger partial charge in [0.25, 0.3) is 0 Å². The fraction of sp³-hybridized carbons (Fsp3) is 0. The lowest BCUT2D eigenvalue weighted by atomic mass is 10.0. The Bertz CT molecular complexity index is 4900. The van der Waals surface area contributed by atoms with Gasteiger partial charge < -0.3 is 22.5 Å². The van der Waals surface area contributed by atoms with Crippen molar-refractivity contribution in [2.75, 3.05) is 0 Å². The first kappa shape index (κ1) is 38.1. The van der Waals surface area contributed by atoms with E-state index in [0.717, 1.165) is 149 Å². The topological polar surface area (TPSA) is 92.6 Å². The minimum absolute atomic E-state index is 0.829. The second-order valence-electron chi connectivity index (χ2n) is 18.3. The zero-order chi connectivity index (χ0) is 46.3. The Morgan fingerprint density at radius 1 is 0.282 bits per heavy atom. The Labute approximate surface area is 402 Å². The van der Waals surface area contributed by atoms with Gasteiger partial charge in [-0.05, 0) is 150 Å². The van der Waals surface area contributed by atoms with Crippen molar-refractivity contribution in [2.45, 2.75) is 0 Å². The highest BCUT2D eigenvalue weighted by Crippen LogP contribution is 2.41. The number of benzene rings is 7. The number of pyridine rings is 4. The van der Waals surface area contributed by atoms with Crippen LogP contribution in [-0.2, 0) is 0 Å². The van der Waals surface area contributed by atoms with Crippen molar-refractivity contribution in [3.8, 4) is 39.3 Å². The van der Waals surface area contributed by atoms with Gasteiger partial charge in [-0.25, -0.2) is 0 Å². The molecule has 0 saturated carbocycles. The highest BCUT2D eigenvalue weighted by molar-refractivity contribution is 6.14. The fourth-order valence-electron chi connectivity index (χ4n) is 11.3. The van der Waals surface area contributed by atoms with Crippen LogP contribution in [0.4, 0.5) is 0 Å². The van der Waals surface area contributed by atoms with E-state index in [0.29, 0.717) is 0 Å². The third-order valence-corrected chi connectivity index (χ3v) is 14.6. The lowest BCUT2D eigenvalue weighted by molar-refractivity contribution is 0.668. The molecule has 0 aliphatic heterocycles. The molecule has 16 rings (SSSR count). The average Bonchev–Trinajstić information content (AvgIpc) is 4.24. The molecule has 0 atom stereocenters. The highest BCUT2D eigenvalue weighted by atomic mass is 16.3. The van der Waals surface area contributed by atoms with Crippen molar-refractivity contribution in [2.24, 2.45) is 0 Å². The number of furan rings is 2. The predicted molar refractivity (Wildman–Crippen MR) is 286 cm³/mol. The molecule has 0 unspecified atom stereocenters. The van der Waals surface area contributed by atoms with Crippen LogP contribution in [0.25, 0.3) is 149 Å². The monoisotopic (exact) mass is 909 g/mol. The van der Waals surface area contributed by atoms with Crippen LogP contribution in [0, 0.1) is 0 Å². The Kier molecular flexibility index (Phi) is 7.70. The van der Waals surface area contributed by atoms with Gasteiger partial charge in [-0.3, -0.25) is 19.9 Å². The first-order valence-corrected chi connectivity index (χ1v) is 23.6. The Morgan fingerprint density at radius 3 is 1.35 bits per heavy atom. The average molecular weight is 910 g/mol. The Morgan fingerprint density at radius 2 is 0.732 bits per heavy atom. The summed E-state index contributed by atoms with van der Waals surface area (Å²) in [7, 11) is 0. The van der Waals surface area contributed by atoms with Gasteiger partial charge in [0.1, 0.15) is 22.3 Å². The van der Waals surface area contributed by atoms with Crippen LogP contribution in [0.5, 0.6) is 0 Å². The Hall–Kier alpha value is -9.86. The number of aromatic nitrogens is 7. The molecule has 7 aromatic carbocycles. The van der Waals surface area contributed by atoms with E-state index in [1.54, 1.807) is 6.20 Å². The maximum atomic E-state index is 6.55. The van der Waals surface area contributed by atoms with Gasteiger partial charge in [0.15, 0.2) is 0 Å². The second-order valence-corrected chi connectivity index (χ2v) is 18.3. The quantitative estimate of drug-likeness (QED) is 0.171. The molecule has 0 bridgehead atoms. The molecule has 0 spiro atoms. The zero-order valence-electron chi connectivity index (χ0n) is 37.7. The van der Waals surface area contributed by atoms with Gasteiger partial charge in [0, 0.05) is 109 Å². The molecule has 71 heavy (non-hydrogen) atoms. The van der Waals surface area contributed by atoms with E-state index >= 15 is 0 Å². The second kappa shape index (κ2) is 14.3. The summed E-state index contributed by atoms with van der Waals surface area (Å²) in [5, 5.41) is 9.71. The van der Waals surface area contributed by atoms with Gasteiger partial charge in [-0.1, -0.05) is 42.5 Å². The van der Waals surface area contributed by atoms with E-state index in [1.165, 1.54) is 0 Å². The number of hydrogen-bond donors (Lipinski definition) is 0. The summed E-state index contributed by atoms with van der Waals surface area (Å²) in [6.45, 7) is 0. The van der Waals surface area contributed by atoms with Gasteiger partial charge in [-0.15, -0.1) is 0 Å². The number of nitrogens with zero attached hydrogens (tertiary/aromatic N) is 7. The van der Waals surface area contributed by atoms with Gasteiger partial charge in [-0.2, -0.15) is 0 Å². The van der Waals surface area contributed by atoms with Crippen molar-refractivity contribution in [3.05, 3.63) is 213 Å². The van der Waals surface area contributed by atoms with Gasteiger partial charge in [0.05, 0.1) is 38.6 Å². The Balaban J connectivity index is 0.815. The number of fused-ring (bicyclic) bond motifs is 15. The van der Waals surface area contributed by atoms with Crippen LogP contribution in [-0.4, -0.2) is 33.6 Å². The lowest BCUT2D eigenvalue weighted by Crippen LogP contribution is -1.94. The predicted octanol–water partition coefficient (Wildman–Crippen LogP) is 15.7. The van der Waals surface area contributed by atoms with Crippen molar-refractivity contribution in [1.29, 1.82) is 0 Å². The summed E-state index contributed by atoms with van der Waals surface area (Å²) in [6.07, 6.45) is 13.2. The largest absolute Gasteiger partial charge is 0.456 e. The third-order valence-electron chi connectivity index (χ3n) is 14.6. The molecule has 16 aromatic rings. The summed E-state index contributed by atoms with van der Waals surface area (Å²) in [4.78, 5) is 18.5. The molecule has 9 heterocycles. The minimum atomic E-state index is 0.829. The number of para-hydroxylation sites is 1. The maximum Gasteiger partial charge on any atom is 0.138 e. The molecule has 0 radical (unpaired) electrons. The first-order valence-electron chi connectivity index (χ1n) is 23.6. The van der Waals surface area contributed by atoms with Crippen molar-refractivity contribution < 1.29 is 8.83 Å². The van der Waals surface area contributed by atoms with Crippen molar-refractivity contribution in [1.82, 2.24) is 33.6 Å².